The highest BCUT2D eigenvalue weighted by Gasteiger charge is 2.02. The van der Waals surface area contributed by atoms with Crippen LogP contribution in [0.5, 0.6) is 0 Å². The van der Waals surface area contributed by atoms with Crippen molar-refractivity contribution in [2.24, 2.45) is 0 Å². The highest BCUT2D eigenvalue weighted by atomic mass is 79.9. The van der Waals surface area contributed by atoms with Crippen LogP contribution in [0.1, 0.15) is 6.92 Å². The summed E-state index contributed by atoms with van der Waals surface area (Å²) < 4.78 is 3.23. The third-order valence-corrected chi connectivity index (χ3v) is 2.72. The van der Waals surface area contributed by atoms with E-state index in [0.29, 0.717) is 0 Å². The molecule has 0 aliphatic heterocycles. The predicted octanol–water partition coefficient (Wildman–Crippen LogP) is 3.33. The zero-order chi connectivity index (χ0) is 9.97. The minimum Gasteiger partial charge on any atom is -0.331 e. The van der Waals surface area contributed by atoms with Gasteiger partial charge in [0.15, 0.2) is 0 Å². The first kappa shape index (κ1) is 9.46. The molecule has 0 unspecified atom stereocenters. The van der Waals surface area contributed by atoms with E-state index in [1.807, 2.05) is 24.7 Å². The monoisotopic (exact) mass is 250 g/mol. The van der Waals surface area contributed by atoms with Gasteiger partial charge in [0.1, 0.15) is 0 Å². The van der Waals surface area contributed by atoms with Crippen molar-refractivity contribution in [2.75, 3.05) is 0 Å². The third-order valence-electron chi connectivity index (χ3n) is 2.19. The molecule has 0 bridgehead atoms. The van der Waals surface area contributed by atoms with E-state index < -0.39 is 0 Å². The Hall–Kier alpha value is -1.09. The lowest BCUT2D eigenvalue weighted by atomic mass is 10.2. The van der Waals surface area contributed by atoms with Crippen molar-refractivity contribution in [3.63, 3.8) is 0 Å². The number of imidazole rings is 1. The fraction of sp³-hybridized carbons (Fsp3) is 0.182. The van der Waals surface area contributed by atoms with E-state index in [1.54, 1.807) is 0 Å². The molecule has 2 rings (SSSR count). The van der Waals surface area contributed by atoms with Crippen molar-refractivity contribution in [2.45, 2.75) is 13.5 Å². The Labute approximate surface area is 91.7 Å². The van der Waals surface area contributed by atoms with Crippen molar-refractivity contribution in [3.05, 3.63) is 41.3 Å². The molecule has 0 saturated heterocycles. The molecule has 0 spiro atoms. The molecule has 2 aromatic rings. The lowest BCUT2D eigenvalue weighted by molar-refractivity contribution is 0.769. The maximum atomic E-state index is 4.14. The first-order chi connectivity index (χ1) is 6.81. The fourth-order valence-corrected chi connectivity index (χ4v) is 1.70. The van der Waals surface area contributed by atoms with Gasteiger partial charge in [0.25, 0.3) is 0 Å². The van der Waals surface area contributed by atoms with Crippen molar-refractivity contribution in [1.82, 2.24) is 9.55 Å². The molecule has 0 amide bonds. The molecule has 0 aliphatic rings. The van der Waals surface area contributed by atoms with Gasteiger partial charge < -0.3 is 4.57 Å². The number of hydrogen-bond acceptors (Lipinski definition) is 1. The van der Waals surface area contributed by atoms with Crippen LogP contribution in [0, 0.1) is 0 Å². The van der Waals surface area contributed by atoms with E-state index in [2.05, 4.69) is 44.5 Å². The average molecular weight is 251 g/mol. The molecule has 0 atom stereocenters. The van der Waals surface area contributed by atoms with Crippen molar-refractivity contribution >= 4 is 15.9 Å². The van der Waals surface area contributed by atoms with Crippen LogP contribution in [0.25, 0.3) is 11.3 Å². The lowest BCUT2D eigenvalue weighted by Gasteiger charge is -2.04. The number of benzene rings is 1. The highest BCUT2D eigenvalue weighted by molar-refractivity contribution is 9.10. The van der Waals surface area contributed by atoms with Gasteiger partial charge in [-0.15, -0.1) is 0 Å². The normalized spacial score (nSPS) is 10.4. The Kier molecular flexibility index (Phi) is 2.68. The second-order valence-corrected chi connectivity index (χ2v) is 3.99. The van der Waals surface area contributed by atoms with Gasteiger partial charge >= 0.3 is 0 Å². The van der Waals surface area contributed by atoms with Crippen LogP contribution in [0.4, 0.5) is 0 Å². The lowest BCUT2D eigenvalue weighted by Crippen LogP contribution is -1.94. The molecule has 0 saturated carbocycles. The summed E-state index contributed by atoms with van der Waals surface area (Å²) in [6.07, 6.45) is 3.75. The summed E-state index contributed by atoms with van der Waals surface area (Å²) >= 11 is 3.42. The number of nitrogens with zero attached hydrogens (tertiary/aromatic N) is 2. The molecule has 0 N–H and O–H groups in total. The van der Waals surface area contributed by atoms with E-state index in [1.165, 1.54) is 11.3 Å². The highest BCUT2D eigenvalue weighted by Crippen LogP contribution is 2.21. The molecule has 0 aliphatic carbocycles. The number of aryl methyl sites for hydroxylation is 1. The van der Waals surface area contributed by atoms with Crippen LogP contribution in [0.15, 0.2) is 41.3 Å². The number of rotatable bonds is 2. The minimum absolute atomic E-state index is 0.950. The summed E-state index contributed by atoms with van der Waals surface area (Å²) in [6, 6.07) is 8.27. The topological polar surface area (TPSA) is 17.8 Å². The number of hydrogen-bond donors (Lipinski definition) is 0. The van der Waals surface area contributed by atoms with Crippen LogP contribution in [-0.2, 0) is 6.54 Å². The molecular formula is C11H11BrN2. The van der Waals surface area contributed by atoms with E-state index in [-0.39, 0.29) is 0 Å². The minimum atomic E-state index is 0.950. The summed E-state index contributed by atoms with van der Waals surface area (Å²) in [4.78, 5) is 4.14. The van der Waals surface area contributed by atoms with Crippen molar-refractivity contribution < 1.29 is 0 Å². The van der Waals surface area contributed by atoms with Crippen LogP contribution in [0.3, 0.4) is 0 Å². The molecule has 0 radical (unpaired) electrons. The Bertz CT molecular complexity index is 417. The van der Waals surface area contributed by atoms with Gasteiger partial charge in [-0.2, -0.15) is 0 Å². The smallest absolute Gasteiger partial charge is 0.0950 e. The zero-order valence-corrected chi connectivity index (χ0v) is 9.53. The molecule has 0 fully saturated rings. The van der Waals surface area contributed by atoms with Crippen LogP contribution in [0.2, 0.25) is 0 Å². The van der Waals surface area contributed by atoms with Crippen LogP contribution < -0.4 is 0 Å². The summed E-state index contributed by atoms with van der Waals surface area (Å²) in [5, 5.41) is 0. The summed E-state index contributed by atoms with van der Waals surface area (Å²) in [7, 11) is 0. The Balaban J connectivity index is 2.44. The molecule has 1 heterocycles. The van der Waals surface area contributed by atoms with Crippen LogP contribution in [-0.4, -0.2) is 9.55 Å². The second kappa shape index (κ2) is 3.96. The molecule has 1 aromatic carbocycles. The molecule has 3 heteroatoms. The number of aromatic nitrogens is 2. The number of halogens is 1. The molecule has 2 nitrogen and oxygen atoms in total. The summed E-state index contributed by atoms with van der Waals surface area (Å²) in [6.45, 7) is 3.06. The van der Waals surface area contributed by atoms with E-state index in [0.717, 1.165) is 11.0 Å². The van der Waals surface area contributed by atoms with E-state index >= 15 is 0 Å². The maximum Gasteiger partial charge on any atom is 0.0950 e. The SMILES string of the molecule is CCn1cncc1-c1ccc(Br)cc1. The van der Waals surface area contributed by atoms with Crippen LogP contribution >= 0.6 is 15.9 Å². The molecular weight excluding hydrogens is 240 g/mol. The van der Waals surface area contributed by atoms with Crippen molar-refractivity contribution in [3.8, 4) is 11.3 Å². The Morgan fingerprint density at radius 1 is 1.29 bits per heavy atom. The molecule has 1 aromatic heterocycles. The predicted molar refractivity (Wildman–Crippen MR) is 61.0 cm³/mol. The molecule has 14 heavy (non-hydrogen) atoms. The largest absolute Gasteiger partial charge is 0.331 e. The molecule has 72 valence electrons. The zero-order valence-electron chi connectivity index (χ0n) is 7.94. The van der Waals surface area contributed by atoms with Crippen molar-refractivity contribution in [1.29, 1.82) is 0 Å². The maximum absolute atomic E-state index is 4.14. The Morgan fingerprint density at radius 2 is 2.00 bits per heavy atom. The average Bonchev–Trinajstić information content (AvgIpc) is 2.67. The Morgan fingerprint density at radius 3 is 2.64 bits per heavy atom. The first-order valence-electron chi connectivity index (χ1n) is 4.57. The van der Waals surface area contributed by atoms with Gasteiger partial charge in [0.05, 0.1) is 18.2 Å². The third kappa shape index (κ3) is 1.73. The fourth-order valence-electron chi connectivity index (χ4n) is 1.43. The summed E-state index contributed by atoms with van der Waals surface area (Å²) in [5.41, 5.74) is 2.37. The van der Waals surface area contributed by atoms with Gasteiger partial charge in [0, 0.05) is 11.0 Å². The van der Waals surface area contributed by atoms with Gasteiger partial charge in [-0.3, -0.25) is 0 Å². The first-order valence-corrected chi connectivity index (χ1v) is 5.36. The summed E-state index contributed by atoms with van der Waals surface area (Å²) in [5.74, 6) is 0. The van der Waals surface area contributed by atoms with Gasteiger partial charge in [-0.25, -0.2) is 4.98 Å². The standard InChI is InChI=1S/C11H11BrN2/c1-2-14-8-13-7-11(14)9-3-5-10(12)6-4-9/h3-8H,2H2,1H3. The van der Waals surface area contributed by atoms with Gasteiger partial charge in [0.2, 0.25) is 0 Å². The van der Waals surface area contributed by atoms with E-state index in [4.69, 9.17) is 0 Å². The quantitative estimate of drug-likeness (QED) is 0.800. The van der Waals surface area contributed by atoms with E-state index in [9.17, 15) is 0 Å². The van der Waals surface area contributed by atoms with Gasteiger partial charge in [-0.05, 0) is 24.6 Å². The van der Waals surface area contributed by atoms with Gasteiger partial charge in [-0.1, -0.05) is 28.1 Å². The second-order valence-electron chi connectivity index (χ2n) is 3.07.